The SMILES string of the molecule is CCC(NC(=O)c1ccc(OC)c(S(=O)(=O)N2CCCC2)c1)c1ccc(C)cc1. The molecule has 1 unspecified atom stereocenters. The second-order valence-corrected chi connectivity index (χ2v) is 9.23. The number of hydrogen-bond acceptors (Lipinski definition) is 4. The zero-order valence-corrected chi connectivity index (χ0v) is 18.0. The van der Waals surface area contributed by atoms with Crippen molar-refractivity contribution in [3.05, 3.63) is 59.2 Å². The van der Waals surface area contributed by atoms with Gasteiger partial charge < -0.3 is 10.1 Å². The highest BCUT2D eigenvalue weighted by Gasteiger charge is 2.30. The van der Waals surface area contributed by atoms with E-state index in [4.69, 9.17) is 4.74 Å². The summed E-state index contributed by atoms with van der Waals surface area (Å²) in [6.07, 6.45) is 2.41. The van der Waals surface area contributed by atoms with Crippen LogP contribution in [0.3, 0.4) is 0 Å². The Labute approximate surface area is 172 Å². The lowest BCUT2D eigenvalue weighted by Gasteiger charge is -2.20. The molecule has 156 valence electrons. The van der Waals surface area contributed by atoms with Crippen LogP contribution in [0.4, 0.5) is 0 Å². The summed E-state index contributed by atoms with van der Waals surface area (Å²) in [7, 11) is -2.27. The maximum Gasteiger partial charge on any atom is 0.251 e. The molecule has 1 aliphatic rings. The van der Waals surface area contributed by atoms with Gasteiger partial charge in [-0.05, 0) is 49.9 Å². The van der Waals surface area contributed by atoms with E-state index in [0.29, 0.717) is 18.7 Å². The van der Waals surface area contributed by atoms with Crippen molar-refractivity contribution < 1.29 is 17.9 Å². The predicted octanol–water partition coefficient (Wildman–Crippen LogP) is 3.67. The number of methoxy groups -OCH3 is 1. The molecular formula is C22H28N2O4S. The van der Waals surface area contributed by atoms with Crippen LogP contribution in [-0.2, 0) is 10.0 Å². The summed E-state index contributed by atoms with van der Waals surface area (Å²) < 4.78 is 32.8. The zero-order chi connectivity index (χ0) is 21.0. The maximum atomic E-state index is 13.0. The average Bonchev–Trinajstić information content (AvgIpc) is 3.28. The summed E-state index contributed by atoms with van der Waals surface area (Å²) in [5.41, 5.74) is 2.47. The topological polar surface area (TPSA) is 75.7 Å². The number of nitrogens with zero attached hydrogens (tertiary/aromatic N) is 1. The van der Waals surface area contributed by atoms with Gasteiger partial charge in [0, 0.05) is 18.7 Å². The van der Waals surface area contributed by atoms with Crippen LogP contribution in [0.25, 0.3) is 0 Å². The lowest BCUT2D eigenvalue weighted by Crippen LogP contribution is -2.30. The summed E-state index contributed by atoms with van der Waals surface area (Å²) >= 11 is 0. The first-order valence-corrected chi connectivity index (χ1v) is 11.4. The van der Waals surface area contributed by atoms with Gasteiger partial charge in [0.15, 0.2) is 0 Å². The van der Waals surface area contributed by atoms with Gasteiger partial charge in [-0.2, -0.15) is 4.31 Å². The molecule has 0 aromatic heterocycles. The third kappa shape index (κ3) is 4.62. The van der Waals surface area contributed by atoms with Crippen LogP contribution in [0.2, 0.25) is 0 Å². The van der Waals surface area contributed by atoms with E-state index < -0.39 is 10.0 Å². The Hall–Kier alpha value is -2.38. The van der Waals surface area contributed by atoms with Crippen molar-refractivity contribution in [2.75, 3.05) is 20.2 Å². The Morgan fingerprint density at radius 1 is 1.14 bits per heavy atom. The minimum atomic E-state index is -3.70. The van der Waals surface area contributed by atoms with Crippen molar-refractivity contribution in [2.45, 2.75) is 44.0 Å². The first kappa shape index (κ1) is 21.3. The largest absolute Gasteiger partial charge is 0.495 e. The number of aryl methyl sites for hydroxylation is 1. The van der Waals surface area contributed by atoms with E-state index >= 15 is 0 Å². The molecule has 1 heterocycles. The number of sulfonamides is 1. The molecule has 0 saturated carbocycles. The van der Waals surface area contributed by atoms with Crippen LogP contribution in [0.1, 0.15) is 53.7 Å². The quantitative estimate of drug-likeness (QED) is 0.747. The highest BCUT2D eigenvalue weighted by Crippen LogP contribution is 2.30. The molecular weight excluding hydrogens is 388 g/mol. The van der Waals surface area contributed by atoms with E-state index in [1.807, 2.05) is 38.1 Å². The number of rotatable bonds is 7. The average molecular weight is 417 g/mol. The summed E-state index contributed by atoms with van der Waals surface area (Å²) in [5, 5.41) is 3.02. The van der Waals surface area contributed by atoms with Gasteiger partial charge in [-0.1, -0.05) is 36.8 Å². The first-order valence-electron chi connectivity index (χ1n) is 9.92. The molecule has 1 amide bonds. The fourth-order valence-electron chi connectivity index (χ4n) is 3.55. The molecule has 29 heavy (non-hydrogen) atoms. The van der Waals surface area contributed by atoms with E-state index in [-0.39, 0.29) is 22.6 Å². The molecule has 1 aliphatic heterocycles. The molecule has 0 bridgehead atoms. The third-order valence-electron chi connectivity index (χ3n) is 5.30. The van der Waals surface area contributed by atoms with E-state index in [1.54, 1.807) is 12.1 Å². The molecule has 0 radical (unpaired) electrons. The standard InChI is InChI=1S/C22H28N2O4S/c1-4-19(17-9-7-16(2)8-10-17)23-22(25)18-11-12-20(28-3)21(15-18)29(26,27)24-13-5-6-14-24/h7-12,15,19H,4-6,13-14H2,1-3H3,(H,23,25). The number of carbonyl (C=O) groups excluding carboxylic acids is 1. The monoisotopic (exact) mass is 416 g/mol. The van der Waals surface area contributed by atoms with E-state index in [0.717, 1.165) is 30.4 Å². The number of nitrogens with one attached hydrogen (secondary N) is 1. The van der Waals surface area contributed by atoms with Gasteiger partial charge >= 0.3 is 0 Å². The van der Waals surface area contributed by atoms with Crippen LogP contribution < -0.4 is 10.1 Å². The number of carbonyl (C=O) groups is 1. The number of benzene rings is 2. The Kier molecular flexibility index (Phi) is 6.59. The van der Waals surface area contributed by atoms with E-state index in [1.165, 1.54) is 17.5 Å². The minimum absolute atomic E-state index is 0.0398. The van der Waals surface area contributed by atoms with E-state index in [9.17, 15) is 13.2 Å². The van der Waals surface area contributed by atoms with Crippen molar-refractivity contribution in [1.82, 2.24) is 9.62 Å². The Bertz CT molecular complexity index is 965. The predicted molar refractivity (Wildman–Crippen MR) is 113 cm³/mol. The van der Waals surface area contributed by atoms with Gasteiger partial charge in [0.1, 0.15) is 10.6 Å². The summed E-state index contributed by atoms with van der Waals surface area (Å²) in [4.78, 5) is 12.9. The fraction of sp³-hybridized carbons (Fsp3) is 0.409. The van der Waals surface area contributed by atoms with Crippen LogP contribution in [0, 0.1) is 6.92 Å². The van der Waals surface area contributed by atoms with Gasteiger partial charge in [-0.15, -0.1) is 0 Å². The zero-order valence-electron chi connectivity index (χ0n) is 17.1. The number of amides is 1. The smallest absolute Gasteiger partial charge is 0.251 e. The minimum Gasteiger partial charge on any atom is -0.495 e. The van der Waals surface area contributed by atoms with Gasteiger partial charge in [0.25, 0.3) is 5.91 Å². The normalized spacial score (nSPS) is 15.8. The Morgan fingerprint density at radius 3 is 2.38 bits per heavy atom. The summed E-state index contributed by atoms with van der Waals surface area (Å²) in [6.45, 7) is 5.01. The molecule has 1 fully saturated rings. The summed E-state index contributed by atoms with van der Waals surface area (Å²) in [5.74, 6) is -0.0584. The van der Waals surface area contributed by atoms with Crippen LogP contribution >= 0.6 is 0 Å². The van der Waals surface area contributed by atoms with Crippen LogP contribution in [0.15, 0.2) is 47.4 Å². The van der Waals surface area contributed by atoms with Crippen molar-refractivity contribution >= 4 is 15.9 Å². The fourth-order valence-corrected chi connectivity index (χ4v) is 5.25. The molecule has 0 spiro atoms. The van der Waals surface area contributed by atoms with Gasteiger partial charge in [-0.25, -0.2) is 8.42 Å². The van der Waals surface area contributed by atoms with Crippen molar-refractivity contribution in [2.24, 2.45) is 0 Å². The number of hydrogen-bond donors (Lipinski definition) is 1. The molecule has 1 atom stereocenters. The van der Waals surface area contributed by atoms with Gasteiger partial charge in [-0.3, -0.25) is 4.79 Å². The van der Waals surface area contributed by atoms with Crippen molar-refractivity contribution in [3.63, 3.8) is 0 Å². The van der Waals surface area contributed by atoms with E-state index in [2.05, 4.69) is 5.32 Å². The molecule has 1 N–H and O–H groups in total. The maximum absolute atomic E-state index is 13.0. The lowest BCUT2D eigenvalue weighted by atomic mass is 10.0. The molecule has 1 saturated heterocycles. The van der Waals surface area contributed by atoms with Crippen molar-refractivity contribution in [1.29, 1.82) is 0 Å². The molecule has 0 aliphatic carbocycles. The number of ether oxygens (including phenoxy) is 1. The first-order chi connectivity index (χ1) is 13.9. The molecule has 3 rings (SSSR count). The highest BCUT2D eigenvalue weighted by atomic mass is 32.2. The lowest BCUT2D eigenvalue weighted by molar-refractivity contribution is 0.0935. The Balaban J connectivity index is 1.88. The second-order valence-electron chi connectivity index (χ2n) is 7.32. The summed E-state index contributed by atoms with van der Waals surface area (Å²) in [6, 6.07) is 12.4. The molecule has 6 nitrogen and oxygen atoms in total. The Morgan fingerprint density at radius 2 is 1.79 bits per heavy atom. The van der Waals surface area contributed by atoms with Crippen LogP contribution in [0.5, 0.6) is 5.75 Å². The molecule has 2 aromatic carbocycles. The van der Waals surface area contributed by atoms with Gasteiger partial charge in [0.05, 0.1) is 13.2 Å². The van der Waals surface area contributed by atoms with Gasteiger partial charge in [0.2, 0.25) is 10.0 Å². The highest BCUT2D eigenvalue weighted by molar-refractivity contribution is 7.89. The molecule has 2 aromatic rings. The molecule has 7 heteroatoms. The van der Waals surface area contributed by atoms with Crippen molar-refractivity contribution in [3.8, 4) is 5.75 Å². The van der Waals surface area contributed by atoms with Crippen LogP contribution in [-0.4, -0.2) is 38.8 Å². The third-order valence-corrected chi connectivity index (χ3v) is 7.22. The second kappa shape index (κ2) is 8.97.